The Balaban J connectivity index is 1.72. The van der Waals surface area contributed by atoms with E-state index in [9.17, 15) is 0 Å². The lowest BCUT2D eigenvalue weighted by Crippen LogP contribution is -2.14. The molecule has 29 heavy (non-hydrogen) atoms. The van der Waals surface area contributed by atoms with E-state index in [0.717, 1.165) is 16.7 Å². The molecule has 1 nitrogen and oxygen atoms in total. The molecule has 0 amide bonds. The predicted molar refractivity (Wildman–Crippen MR) is 121 cm³/mol. The van der Waals surface area contributed by atoms with Gasteiger partial charge in [0.15, 0.2) is 0 Å². The molecule has 6 rings (SSSR count). The molecule has 140 valence electrons. The topological polar surface area (TPSA) is 13.1 Å². The van der Waals surface area contributed by atoms with Crippen LogP contribution in [0.2, 0.25) is 0 Å². The van der Waals surface area contributed by atoms with Crippen molar-refractivity contribution in [1.82, 2.24) is 0 Å². The third-order valence-electron chi connectivity index (χ3n) is 6.57. The van der Waals surface area contributed by atoms with Crippen molar-refractivity contribution in [1.29, 1.82) is 0 Å². The van der Waals surface area contributed by atoms with Crippen LogP contribution in [0.3, 0.4) is 0 Å². The molecular formula is C28H22O. The van der Waals surface area contributed by atoms with Crippen LogP contribution in [0.1, 0.15) is 30.5 Å². The van der Waals surface area contributed by atoms with Crippen molar-refractivity contribution in [3.8, 4) is 22.3 Å². The fraction of sp³-hybridized carbons (Fsp3) is 0.143. The maximum atomic E-state index is 6.66. The van der Waals surface area contributed by atoms with Gasteiger partial charge < -0.3 is 4.42 Å². The summed E-state index contributed by atoms with van der Waals surface area (Å²) in [6, 6.07) is 28.4. The summed E-state index contributed by atoms with van der Waals surface area (Å²) in [6.07, 6.45) is 0. The highest BCUT2D eigenvalue weighted by molar-refractivity contribution is 6.14. The summed E-state index contributed by atoms with van der Waals surface area (Å²) < 4.78 is 6.66. The van der Waals surface area contributed by atoms with Gasteiger partial charge in [-0.25, -0.2) is 0 Å². The quantitative estimate of drug-likeness (QED) is 0.291. The molecule has 1 heteroatoms. The minimum absolute atomic E-state index is 0.0150. The Hall–Kier alpha value is -3.32. The number of hydrogen-bond acceptors (Lipinski definition) is 1. The first-order chi connectivity index (χ1) is 14.1. The Morgan fingerprint density at radius 3 is 2.17 bits per heavy atom. The SMILES string of the molecule is Cc1ccc(-c2cccc3c2oc2c4c(ccc23)C(C)(C)c2ccccc2-4)cc1. The molecule has 0 spiro atoms. The maximum Gasteiger partial charge on any atom is 0.143 e. The van der Waals surface area contributed by atoms with Gasteiger partial charge in [-0.05, 0) is 29.2 Å². The van der Waals surface area contributed by atoms with Crippen LogP contribution in [-0.2, 0) is 5.41 Å². The number of benzene rings is 4. The number of hydrogen-bond donors (Lipinski definition) is 0. The Kier molecular flexibility index (Phi) is 3.21. The monoisotopic (exact) mass is 374 g/mol. The number of aryl methyl sites for hydroxylation is 1. The number of rotatable bonds is 1. The van der Waals surface area contributed by atoms with Gasteiger partial charge in [0.1, 0.15) is 11.2 Å². The second-order valence-corrected chi connectivity index (χ2v) is 8.69. The minimum Gasteiger partial charge on any atom is -0.455 e. The van der Waals surface area contributed by atoms with E-state index in [-0.39, 0.29) is 5.41 Å². The molecule has 0 saturated heterocycles. The van der Waals surface area contributed by atoms with Crippen LogP contribution in [0.25, 0.3) is 44.2 Å². The number of fused-ring (bicyclic) bond motifs is 7. The molecule has 4 aromatic carbocycles. The lowest BCUT2D eigenvalue weighted by Gasteiger charge is -2.21. The van der Waals surface area contributed by atoms with Crippen LogP contribution in [0.4, 0.5) is 0 Å². The smallest absolute Gasteiger partial charge is 0.143 e. The summed E-state index contributed by atoms with van der Waals surface area (Å²) in [5.74, 6) is 0. The van der Waals surface area contributed by atoms with Gasteiger partial charge in [0, 0.05) is 27.3 Å². The molecular weight excluding hydrogens is 352 g/mol. The van der Waals surface area contributed by atoms with Crippen LogP contribution < -0.4 is 0 Å². The van der Waals surface area contributed by atoms with E-state index in [0.29, 0.717) is 0 Å². The van der Waals surface area contributed by atoms with Gasteiger partial charge in [0.2, 0.25) is 0 Å². The van der Waals surface area contributed by atoms with Gasteiger partial charge in [0.05, 0.1) is 0 Å². The average molecular weight is 374 g/mol. The Bertz CT molecular complexity index is 1410. The van der Waals surface area contributed by atoms with E-state index in [1.807, 2.05) is 0 Å². The molecule has 1 aliphatic carbocycles. The molecule has 0 fully saturated rings. The normalized spacial score (nSPS) is 14.3. The van der Waals surface area contributed by atoms with Crippen LogP contribution in [0, 0.1) is 6.92 Å². The van der Waals surface area contributed by atoms with Crippen molar-refractivity contribution in [3.05, 3.63) is 95.6 Å². The third kappa shape index (κ3) is 2.16. The lowest BCUT2D eigenvalue weighted by molar-refractivity contribution is 0.653. The van der Waals surface area contributed by atoms with E-state index in [4.69, 9.17) is 4.42 Å². The van der Waals surface area contributed by atoms with Crippen molar-refractivity contribution >= 4 is 21.9 Å². The van der Waals surface area contributed by atoms with Crippen LogP contribution in [0.5, 0.6) is 0 Å². The highest BCUT2D eigenvalue weighted by atomic mass is 16.3. The maximum absolute atomic E-state index is 6.66. The zero-order valence-electron chi connectivity index (χ0n) is 16.9. The highest BCUT2D eigenvalue weighted by Crippen LogP contribution is 2.52. The molecule has 0 radical (unpaired) electrons. The van der Waals surface area contributed by atoms with Crippen LogP contribution >= 0.6 is 0 Å². The number of furan rings is 1. The third-order valence-corrected chi connectivity index (χ3v) is 6.57. The molecule has 1 aromatic heterocycles. The predicted octanol–water partition coefficient (Wildman–Crippen LogP) is 7.87. The van der Waals surface area contributed by atoms with Crippen molar-refractivity contribution < 1.29 is 4.42 Å². The fourth-order valence-electron chi connectivity index (χ4n) is 5.00. The van der Waals surface area contributed by atoms with E-state index >= 15 is 0 Å². The molecule has 0 N–H and O–H groups in total. The molecule has 1 heterocycles. The summed E-state index contributed by atoms with van der Waals surface area (Å²) in [7, 11) is 0. The van der Waals surface area contributed by atoms with Crippen LogP contribution in [0.15, 0.2) is 83.3 Å². The fourth-order valence-corrected chi connectivity index (χ4v) is 5.00. The average Bonchev–Trinajstić information content (AvgIpc) is 3.22. The van der Waals surface area contributed by atoms with Crippen molar-refractivity contribution in [2.45, 2.75) is 26.2 Å². The Morgan fingerprint density at radius 1 is 0.621 bits per heavy atom. The summed E-state index contributed by atoms with van der Waals surface area (Å²) in [4.78, 5) is 0. The van der Waals surface area contributed by atoms with Crippen LogP contribution in [-0.4, -0.2) is 0 Å². The first-order valence-corrected chi connectivity index (χ1v) is 10.2. The zero-order chi connectivity index (χ0) is 19.8. The first kappa shape index (κ1) is 16.6. The molecule has 0 unspecified atom stereocenters. The van der Waals surface area contributed by atoms with Gasteiger partial charge >= 0.3 is 0 Å². The van der Waals surface area contributed by atoms with Crippen molar-refractivity contribution in [2.24, 2.45) is 0 Å². The lowest BCUT2D eigenvalue weighted by atomic mass is 9.82. The largest absolute Gasteiger partial charge is 0.455 e. The molecule has 5 aromatic rings. The molecule has 0 atom stereocenters. The summed E-state index contributed by atoms with van der Waals surface area (Å²) in [5, 5.41) is 2.38. The van der Waals surface area contributed by atoms with E-state index < -0.39 is 0 Å². The van der Waals surface area contributed by atoms with Gasteiger partial charge in [-0.1, -0.05) is 98.3 Å². The van der Waals surface area contributed by atoms with E-state index in [2.05, 4.69) is 99.6 Å². The van der Waals surface area contributed by atoms with E-state index in [1.54, 1.807) is 0 Å². The summed E-state index contributed by atoms with van der Waals surface area (Å²) in [6.45, 7) is 6.74. The number of para-hydroxylation sites is 1. The van der Waals surface area contributed by atoms with Gasteiger partial charge in [-0.15, -0.1) is 0 Å². The Morgan fingerprint density at radius 2 is 1.34 bits per heavy atom. The molecule has 0 bridgehead atoms. The van der Waals surface area contributed by atoms with E-state index in [1.165, 1.54) is 44.2 Å². The minimum atomic E-state index is -0.0150. The van der Waals surface area contributed by atoms with Gasteiger partial charge in [0.25, 0.3) is 0 Å². The molecule has 0 aliphatic heterocycles. The zero-order valence-corrected chi connectivity index (χ0v) is 16.9. The summed E-state index contributed by atoms with van der Waals surface area (Å²) in [5.41, 5.74) is 10.9. The molecule has 1 aliphatic rings. The standard InChI is InChI=1S/C28H22O/c1-17-11-13-18(14-12-17)19-8-6-9-20-21-15-16-24-25(27(21)29-26(19)20)22-7-4-5-10-23(22)28(24,2)3/h4-16H,1-3H3. The van der Waals surface area contributed by atoms with Crippen molar-refractivity contribution in [3.63, 3.8) is 0 Å². The van der Waals surface area contributed by atoms with Crippen molar-refractivity contribution in [2.75, 3.05) is 0 Å². The molecule has 0 saturated carbocycles. The summed E-state index contributed by atoms with van der Waals surface area (Å²) >= 11 is 0. The second kappa shape index (κ2) is 5.61. The second-order valence-electron chi connectivity index (χ2n) is 8.69. The first-order valence-electron chi connectivity index (χ1n) is 10.2. The van der Waals surface area contributed by atoms with Gasteiger partial charge in [-0.2, -0.15) is 0 Å². The highest BCUT2D eigenvalue weighted by Gasteiger charge is 2.37. The van der Waals surface area contributed by atoms with Gasteiger partial charge in [-0.3, -0.25) is 0 Å². The Labute approximate surface area is 170 Å².